The number of rotatable bonds is 5. The van der Waals surface area contributed by atoms with Crippen LogP contribution in [0, 0.1) is 5.82 Å². The van der Waals surface area contributed by atoms with Crippen LogP contribution in [0.3, 0.4) is 0 Å². The van der Waals surface area contributed by atoms with Crippen LogP contribution in [-0.4, -0.2) is 37.8 Å². The lowest BCUT2D eigenvalue weighted by atomic mass is 9.74. The number of carbonyl (C=O) groups excluding carboxylic acids is 2. The smallest absolute Gasteiger partial charge is 0.313 e. The van der Waals surface area contributed by atoms with Crippen LogP contribution in [0.15, 0.2) is 53.4 Å². The standard InChI is InChI=1S/C21H23FN2O3S/c1-28-18-5-3-2-4-17(18)24-20(26)19(25)23-14-21(10-12-27-13-11-21)15-6-8-16(22)9-7-15/h2-9H,10-14H2,1H3,(H,23,25)(H,24,26). The Morgan fingerprint density at radius 2 is 1.75 bits per heavy atom. The summed E-state index contributed by atoms with van der Waals surface area (Å²) >= 11 is 1.49. The summed E-state index contributed by atoms with van der Waals surface area (Å²) in [5, 5.41) is 5.42. The zero-order valence-electron chi connectivity index (χ0n) is 15.7. The first-order chi connectivity index (χ1) is 13.5. The Morgan fingerprint density at radius 1 is 1.07 bits per heavy atom. The molecule has 0 aliphatic carbocycles. The van der Waals surface area contributed by atoms with Crippen molar-refractivity contribution in [3.05, 3.63) is 59.9 Å². The van der Waals surface area contributed by atoms with E-state index in [9.17, 15) is 14.0 Å². The fourth-order valence-corrected chi connectivity index (χ4v) is 3.94. The minimum absolute atomic E-state index is 0.290. The fraction of sp³-hybridized carbons (Fsp3) is 0.333. The fourth-order valence-electron chi connectivity index (χ4n) is 3.39. The van der Waals surface area contributed by atoms with Crippen molar-refractivity contribution >= 4 is 29.3 Å². The number of hydrogen-bond acceptors (Lipinski definition) is 4. The maximum absolute atomic E-state index is 13.3. The normalized spacial score (nSPS) is 15.6. The molecule has 0 aromatic heterocycles. The van der Waals surface area contributed by atoms with Crippen molar-refractivity contribution in [2.24, 2.45) is 0 Å². The maximum atomic E-state index is 13.3. The molecule has 1 heterocycles. The third-order valence-corrected chi connectivity index (χ3v) is 5.85. The van der Waals surface area contributed by atoms with Crippen LogP contribution in [-0.2, 0) is 19.7 Å². The van der Waals surface area contributed by atoms with E-state index in [1.54, 1.807) is 24.3 Å². The molecule has 5 nitrogen and oxygen atoms in total. The average Bonchev–Trinajstić information content (AvgIpc) is 2.73. The van der Waals surface area contributed by atoms with Crippen LogP contribution in [0.25, 0.3) is 0 Å². The van der Waals surface area contributed by atoms with Crippen LogP contribution < -0.4 is 10.6 Å². The molecule has 2 amide bonds. The number of ether oxygens (including phenoxy) is 1. The second-order valence-electron chi connectivity index (χ2n) is 6.74. The highest BCUT2D eigenvalue weighted by Gasteiger charge is 2.35. The molecule has 3 rings (SSSR count). The quantitative estimate of drug-likeness (QED) is 0.595. The van der Waals surface area contributed by atoms with E-state index in [4.69, 9.17) is 4.74 Å². The Hall–Kier alpha value is -2.38. The molecular formula is C21H23FN2O3S. The number of amides is 2. The van der Waals surface area contributed by atoms with Gasteiger partial charge in [0.1, 0.15) is 5.82 Å². The Kier molecular flexibility index (Phi) is 6.70. The molecule has 2 aromatic carbocycles. The molecule has 0 atom stereocenters. The van der Waals surface area contributed by atoms with Crippen molar-refractivity contribution in [2.45, 2.75) is 23.2 Å². The third-order valence-electron chi connectivity index (χ3n) is 5.06. The predicted octanol–water partition coefficient (Wildman–Crippen LogP) is 3.35. The summed E-state index contributed by atoms with van der Waals surface area (Å²) in [6.07, 6.45) is 3.29. The molecule has 1 aliphatic heterocycles. The van der Waals surface area contributed by atoms with Crippen molar-refractivity contribution in [3.63, 3.8) is 0 Å². The first kappa shape index (κ1) is 20.4. The van der Waals surface area contributed by atoms with E-state index in [1.165, 1.54) is 23.9 Å². The second kappa shape index (κ2) is 9.21. The minimum atomic E-state index is -0.706. The van der Waals surface area contributed by atoms with E-state index < -0.39 is 11.8 Å². The zero-order valence-corrected chi connectivity index (χ0v) is 16.5. The lowest BCUT2D eigenvalue weighted by molar-refractivity contribution is -0.136. The molecule has 1 aliphatic rings. The van der Waals surface area contributed by atoms with Gasteiger partial charge in [-0.2, -0.15) is 0 Å². The Balaban J connectivity index is 1.68. The lowest BCUT2D eigenvalue weighted by Gasteiger charge is -2.37. The van der Waals surface area contributed by atoms with Gasteiger partial charge in [0.15, 0.2) is 0 Å². The summed E-state index contributed by atoms with van der Waals surface area (Å²) in [4.78, 5) is 25.6. The summed E-state index contributed by atoms with van der Waals surface area (Å²) in [7, 11) is 0. The Morgan fingerprint density at radius 3 is 2.43 bits per heavy atom. The van der Waals surface area contributed by atoms with Gasteiger partial charge in [0.2, 0.25) is 0 Å². The number of thioether (sulfide) groups is 1. The number of anilines is 1. The monoisotopic (exact) mass is 402 g/mol. The summed E-state index contributed by atoms with van der Waals surface area (Å²) in [5.74, 6) is -1.70. The van der Waals surface area contributed by atoms with Crippen molar-refractivity contribution in [1.82, 2.24) is 5.32 Å². The van der Waals surface area contributed by atoms with E-state index in [-0.39, 0.29) is 11.2 Å². The van der Waals surface area contributed by atoms with Crippen LogP contribution in [0.2, 0.25) is 0 Å². The van der Waals surface area contributed by atoms with Gasteiger partial charge in [-0.05, 0) is 48.9 Å². The molecule has 0 bridgehead atoms. The summed E-state index contributed by atoms with van der Waals surface area (Å²) < 4.78 is 18.8. The van der Waals surface area contributed by atoms with Crippen LogP contribution in [0.5, 0.6) is 0 Å². The van der Waals surface area contributed by atoms with Gasteiger partial charge in [-0.1, -0.05) is 24.3 Å². The van der Waals surface area contributed by atoms with Crippen LogP contribution in [0.1, 0.15) is 18.4 Å². The number of halogens is 1. The molecule has 0 radical (unpaired) electrons. The Labute approximate surface area is 168 Å². The highest BCUT2D eigenvalue weighted by molar-refractivity contribution is 7.98. The minimum Gasteiger partial charge on any atom is -0.381 e. The largest absolute Gasteiger partial charge is 0.381 e. The van der Waals surface area contributed by atoms with E-state index in [0.29, 0.717) is 38.3 Å². The number of hydrogen-bond donors (Lipinski definition) is 2. The molecule has 2 N–H and O–H groups in total. The Bertz CT molecular complexity index is 836. The van der Waals surface area contributed by atoms with Gasteiger partial charge in [-0.25, -0.2) is 4.39 Å². The van der Waals surface area contributed by atoms with E-state index in [2.05, 4.69) is 10.6 Å². The third kappa shape index (κ3) is 4.72. The molecule has 28 heavy (non-hydrogen) atoms. The van der Waals surface area contributed by atoms with Gasteiger partial charge in [0, 0.05) is 30.1 Å². The lowest BCUT2D eigenvalue weighted by Crippen LogP contribution is -2.47. The van der Waals surface area contributed by atoms with Gasteiger partial charge >= 0.3 is 11.8 Å². The van der Waals surface area contributed by atoms with Gasteiger partial charge < -0.3 is 15.4 Å². The molecule has 1 fully saturated rings. The number of nitrogens with one attached hydrogen (secondary N) is 2. The van der Waals surface area contributed by atoms with Crippen molar-refractivity contribution in [2.75, 3.05) is 31.3 Å². The molecule has 0 spiro atoms. The molecule has 7 heteroatoms. The van der Waals surface area contributed by atoms with Crippen LogP contribution >= 0.6 is 11.8 Å². The van der Waals surface area contributed by atoms with Gasteiger partial charge in [0.05, 0.1) is 5.69 Å². The SMILES string of the molecule is CSc1ccccc1NC(=O)C(=O)NCC1(c2ccc(F)cc2)CCOCC1. The molecular weight excluding hydrogens is 379 g/mol. The van der Waals surface area contributed by atoms with Crippen molar-refractivity contribution < 1.29 is 18.7 Å². The highest BCUT2D eigenvalue weighted by atomic mass is 32.2. The van der Waals surface area contributed by atoms with E-state index in [0.717, 1.165) is 10.5 Å². The second-order valence-corrected chi connectivity index (χ2v) is 7.58. The average molecular weight is 402 g/mol. The highest BCUT2D eigenvalue weighted by Crippen LogP contribution is 2.34. The summed E-state index contributed by atoms with van der Waals surface area (Å²) in [6.45, 7) is 1.40. The van der Waals surface area contributed by atoms with Crippen molar-refractivity contribution in [3.8, 4) is 0 Å². The topological polar surface area (TPSA) is 67.4 Å². The van der Waals surface area contributed by atoms with E-state index >= 15 is 0 Å². The molecule has 0 unspecified atom stereocenters. The number of benzene rings is 2. The first-order valence-corrected chi connectivity index (χ1v) is 10.3. The maximum Gasteiger partial charge on any atom is 0.313 e. The number of carbonyl (C=O) groups is 2. The molecule has 0 saturated carbocycles. The van der Waals surface area contributed by atoms with Gasteiger partial charge in [-0.15, -0.1) is 11.8 Å². The number of para-hydroxylation sites is 1. The molecule has 2 aromatic rings. The molecule has 148 valence electrons. The van der Waals surface area contributed by atoms with Crippen molar-refractivity contribution in [1.29, 1.82) is 0 Å². The summed E-state index contributed by atoms with van der Waals surface area (Å²) in [6, 6.07) is 13.6. The van der Waals surface area contributed by atoms with Crippen LogP contribution in [0.4, 0.5) is 10.1 Å². The first-order valence-electron chi connectivity index (χ1n) is 9.10. The van der Waals surface area contributed by atoms with E-state index in [1.807, 2.05) is 18.4 Å². The predicted molar refractivity (Wildman–Crippen MR) is 108 cm³/mol. The zero-order chi connectivity index (χ0) is 20.0. The van der Waals surface area contributed by atoms with Gasteiger partial charge in [0.25, 0.3) is 0 Å². The van der Waals surface area contributed by atoms with Gasteiger partial charge in [-0.3, -0.25) is 9.59 Å². The summed E-state index contributed by atoms with van der Waals surface area (Å²) in [5.41, 5.74) is 1.17. The molecule has 1 saturated heterocycles.